The second-order valence-corrected chi connectivity index (χ2v) is 12.3. The van der Waals surface area contributed by atoms with Gasteiger partial charge in [0.05, 0.1) is 26.2 Å². The molecule has 0 aliphatic heterocycles. The fourth-order valence-corrected chi connectivity index (χ4v) is 5.63. The number of hydrogen-bond donors (Lipinski definition) is 1. The number of carbonyl (C=O) groups is 2. The molecule has 1 fully saturated rings. The SMILES string of the molecule is COc1ccc(OC)c(N(CC(=O)N(Cc2ccc(Br)cc2)[C@@H](C)C(=O)NC2CCCCC2)S(C)(=O)=O)c1. The second kappa shape index (κ2) is 13.3. The maximum atomic E-state index is 13.8. The van der Waals surface area contributed by atoms with E-state index in [2.05, 4.69) is 21.2 Å². The van der Waals surface area contributed by atoms with Gasteiger partial charge in [-0.2, -0.15) is 0 Å². The summed E-state index contributed by atoms with van der Waals surface area (Å²) in [5, 5.41) is 3.09. The van der Waals surface area contributed by atoms with Crippen LogP contribution in [0.1, 0.15) is 44.6 Å². The van der Waals surface area contributed by atoms with Crippen molar-refractivity contribution in [1.82, 2.24) is 10.2 Å². The molecule has 9 nitrogen and oxygen atoms in total. The van der Waals surface area contributed by atoms with E-state index in [1.807, 2.05) is 24.3 Å². The van der Waals surface area contributed by atoms with E-state index >= 15 is 0 Å². The van der Waals surface area contributed by atoms with Crippen molar-refractivity contribution in [2.24, 2.45) is 0 Å². The van der Waals surface area contributed by atoms with Crippen LogP contribution in [-0.4, -0.2) is 64.2 Å². The highest BCUT2D eigenvalue weighted by Gasteiger charge is 2.32. The van der Waals surface area contributed by atoms with Gasteiger partial charge in [0.2, 0.25) is 21.8 Å². The van der Waals surface area contributed by atoms with Crippen molar-refractivity contribution in [2.45, 2.75) is 57.7 Å². The maximum Gasteiger partial charge on any atom is 0.244 e. The Labute approximate surface area is 233 Å². The molecule has 38 heavy (non-hydrogen) atoms. The first-order valence-electron chi connectivity index (χ1n) is 12.6. The van der Waals surface area contributed by atoms with Gasteiger partial charge < -0.3 is 19.7 Å². The maximum absolute atomic E-state index is 13.8. The third-order valence-electron chi connectivity index (χ3n) is 6.72. The fourth-order valence-electron chi connectivity index (χ4n) is 4.52. The van der Waals surface area contributed by atoms with Crippen molar-refractivity contribution in [1.29, 1.82) is 0 Å². The number of anilines is 1. The Balaban J connectivity index is 1.93. The summed E-state index contributed by atoms with van der Waals surface area (Å²) in [5.41, 5.74) is 0.981. The normalized spacial score (nSPS) is 14.9. The van der Waals surface area contributed by atoms with E-state index in [0.29, 0.717) is 5.75 Å². The molecule has 0 heterocycles. The van der Waals surface area contributed by atoms with Gasteiger partial charge >= 0.3 is 0 Å². The molecule has 3 rings (SSSR count). The smallest absolute Gasteiger partial charge is 0.244 e. The molecule has 0 aromatic heterocycles. The zero-order valence-corrected chi connectivity index (χ0v) is 24.7. The van der Waals surface area contributed by atoms with E-state index in [0.717, 1.165) is 52.7 Å². The predicted molar refractivity (Wildman–Crippen MR) is 151 cm³/mol. The van der Waals surface area contributed by atoms with Crippen LogP contribution in [-0.2, 0) is 26.2 Å². The topological polar surface area (TPSA) is 105 Å². The van der Waals surface area contributed by atoms with Gasteiger partial charge in [0, 0.05) is 23.1 Å². The van der Waals surface area contributed by atoms with E-state index in [1.165, 1.54) is 25.2 Å². The first-order chi connectivity index (χ1) is 18.0. The molecule has 11 heteroatoms. The van der Waals surface area contributed by atoms with Crippen LogP contribution in [0.3, 0.4) is 0 Å². The number of carbonyl (C=O) groups excluding carboxylic acids is 2. The Morgan fingerprint density at radius 1 is 1.05 bits per heavy atom. The van der Waals surface area contributed by atoms with Gasteiger partial charge in [-0.3, -0.25) is 13.9 Å². The molecule has 1 saturated carbocycles. The summed E-state index contributed by atoms with van der Waals surface area (Å²) in [4.78, 5) is 28.5. The highest BCUT2D eigenvalue weighted by molar-refractivity contribution is 9.10. The lowest BCUT2D eigenvalue weighted by Crippen LogP contribution is -2.53. The Kier molecular flexibility index (Phi) is 10.4. The van der Waals surface area contributed by atoms with Crippen LogP contribution in [0, 0.1) is 0 Å². The number of hydrogen-bond acceptors (Lipinski definition) is 6. The van der Waals surface area contributed by atoms with Crippen LogP contribution in [0.2, 0.25) is 0 Å². The number of methoxy groups -OCH3 is 2. The molecule has 2 aromatic rings. The van der Waals surface area contributed by atoms with E-state index in [9.17, 15) is 18.0 Å². The zero-order chi connectivity index (χ0) is 27.9. The highest BCUT2D eigenvalue weighted by Crippen LogP contribution is 2.34. The van der Waals surface area contributed by atoms with E-state index in [-0.39, 0.29) is 29.9 Å². The molecular formula is C27H36BrN3O6S. The Morgan fingerprint density at radius 3 is 2.29 bits per heavy atom. The van der Waals surface area contributed by atoms with Crippen molar-refractivity contribution < 1.29 is 27.5 Å². The minimum absolute atomic E-state index is 0.0805. The standard InChI is InChI=1S/C27H36BrN3O6S/c1-19(27(33)29-22-8-6-5-7-9-22)30(17-20-10-12-21(28)13-11-20)26(32)18-31(38(4,34)35)24-16-23(36-2)14-15-25(24)37-3/h10-16,19,22H,5-9,17-18H2,1-4H3,(H,29,33)/t19-/m0/s1. The molecule has 0 saturated heterocycles. The molecule has 0 bridgehead atoms. The Bertz CT molecular complexity index is 1220. The summed E-state index contributed by atoms with van der Waals surface area (Å²) < 4.78 is 38.3. The van der Waals surface area contributed by atoms with Crippen LogP contribution in [0.4, 0.5) is 5.69 Å². The van der Waals surface area contributed by atoms with Gasteiger partial charge in [0.25, 0.3) is 0 Å². The monoisotopic (exact) mass is 609 g/mol. The van der Waals surface area contributed by atoms with E-state index in [4.69, 9.17) is 9.47 Å². The molecule has 1 aliphatic carbocycles. The van der Waals surface area contributed by atoms with Crippen LogP contribution >= 0.6 is 15.9 Å². The van der Waals surface area contributed by atoms with Crippen LogP contribution in [0.15, 0.2) is 46.9 Å². The highest BCUT2D eigenvalue weighted by atomic mass is 79.9. The number of nitrogens with zero attached hydrogens (tertiary/aromatic N) is 2. The zero-order valence-electron chi connectivity index (χ0n) is 22.3. The molecule has 0 unspecified atom stereocenters. The van der Waals surface area contributed by atoms with Crippen molar-refractivity contribution in [3.63, 3.8) is 0 Å². The molecular weight excluding hydrogens is 574 g/mol. The molecule has 0 spiro atoms. The molecule has 1 N–H and O–H groups in total. The van der Waals surface area contributed by atoms with Crippen LogP contribution in [0.25, 0.3) is 0 Å². The quantitative estimate of drug-likeness (QED) is 0.411. The van der Waals surface area contributed by atoms with Crippen molar-refractivity contribution in [3.05, 3.63) is 52.5 Å². The number of benzene rings is 2. The number of nitrogens with one attached hydrogen (secondary N) is 1. The third-order valence-corrected chi connectivity index (χ3v) is 8.37. The predicted octanol–water partition coefficient (Wildman–Crippen LogP) is 4.10. The summed E-state index contributed by atoms with van der Waals surface area (Å²) in [7, 11) is -1.02. The number of sulfonamides is 1. The summed E-state index contributed by atoms with van der Waals surface area (Å²) in [6.45, 7) is 1.30. The lowest BCUT2D eigenvalue weighted by molar-refractivity contribution is -0.139. The average Bonchev–Trinajstić information content (AvgIpc) is 2.90. The number of amides is 2. The summed E-state index contributed by atoms with van der Waals surface area (Å²) in [5.74, 6) is -0.0952. The Hall–Kier alpha value is -2.79. The number of rotatable bonds is 11. The molecule has 208 valence electrons. The molecule has 1 atom stereocenters. The number of halogens is 1. The number of ether oxygens (including phenoxy) is 2. The van der Waals surface area contributed by atoms with Crippen molar-refractivity contribution in [2.75, 3.05) is 31.3 Å². The van der Waals surface area contributed by atoms with Crippen LogP contribution < -0.4 is 19.1 Å². The summed E-state index contributed by atoms with van der Waals surface area (Å²) >= 11 is 3.41. The van der Waals surface area contributed by atoms with Gasteiger partial charge in [-0.25, -0.2) is 8.42 Å². The molecule has 0 radical (unpaired) electrons. The minimum atomic E-state index is -3.91. The fraction of sp³-hybridized carbons (Fsp3) is 0.481. The molecule has 2 amide bonds. The lowest BCUT2D eigenvalue weighted by Gasteiger charge is -2.33. The molecule has 1 aliphatic rings. The first-order valence-corrected chi connectivity index (χ1v) is 15.2. The van der Waals surface area contributed by atoms with E-state index < -0.39 is 28.5 Å². The van der Waals surface area contributed by atoms with Gasteiger partial charge in [0.1, 0.15) is 24.1 Å². The second-order valence-electron chi connectivity index (χ2n) is 9.48. The van der Waals surface area contributed by atoms with Gasteiger partial charge in [-0.15, -0.1) is 0 Å². The average molecular weight is 611 g/mol. The van der Waals surface area contributed by atoms with Crippen LogP contribution in [0.5, 0.6) is 11.5 Å². The van der Waals surface area contributed by atoms with Gasteiger partial charge in [-0.1, -0.05) is 47.3 Å². The lowest BCUT2D eigenvalue weighted by atomic mass is 9.95. The summed E-state index contributed by atoms with van der Waals surface area (Å²) in [6, 6.07) is 11.4. The largest absolute Gasteiger partial charge is 0.497 e. The summed E-state index contributed by atoms with van der Waals surface area (Å²) in [6.07, 6.45) is 6.13. The third kappa shape index (κ3) is 7.86. The van der Waals surface area contributed by atoms with E-state index in [1.54, 1.807) is 19.1 Å². The Morgan fingerprint density at radius 2 is 1.71 bits per heavy atom. The molecule has 2 aromatic carbocycles. The van der Waals surface area contributed by atoms with Crippen molar-refractivity contribution in [3.8, 4) is 11.5 Å². The first kappa shape index (κ1) is 29.8. The van der Waals surface area contributed by atoms with Crippen molar-refractivity contribution >= 4 is 43.5 Å². The van der Waals surface area contributed by atoms with Gasteiger partial charge in [-0.05, 0) is 49.6 Å². The van der Waals surface area contributed by atoms with Gasteiger partial charge in [0.15, 0.2) is 0 Å². The minimum Gasteiger partial charge on any atom is -0.497 e.